The van der Waals surface area contributed by atoms with Gasteiger partial charge in [-0.15, -0.1) is 23.1 Å². The first-order chi connectivity index (χ1) is 10.1. The van der Waals surface area contributed by atoms with Gasteiger partial charge in [0.1, 0.15) is 5.37 Å². The highest BCUT2D eigenvalue weighted by atomic mass is 79.9. The maximum atomic E-state index is 5.61. The van der Waals surface area contributed by atoms with Crippen LogP contribution in [0.5, 0.6) is 0 Å². The lowest BCUT2D eigenvalue weighted by Gasteiger charge is -2.26. The van der Waals surface area contributed by atoms with E-state index in [0.717, 1.165) is 23.1 Å². The summed E-state index contributed by atoms with van der Waals surface area (Å²) in [5.74, 6) is 1.11. The average molecular weight is 399 g/mol. The van der Waals surface area contributed by atoms with Crippen molar-refractivity contribution in [3.05, 3.63) is 50.6 Å². The third-order valence-electron chi connectivity index (χ3n) is 3.29. The van der Waals surface area contributed by atoms with Crippen LogP contribution in [0.1, 0.15) is 15.8 Å². The normalized spacial score (nSPS) is 18.0. The van der Waals surface area contributed by atoms with E-state index in [4.69, 9.17) is 12.2 Å². The zero-order valence-corrected chi connectivity index (χ0v) is 15.5. The second kappa shape index (κ2) is 6.69. The third kappa shape index (κ3) is 3.62. The zero-order chi connectivity index (χ0) is 14.8. The molecule has 1 saturated heterocycles. The first-order valence-electron chi connectivity index (χ1n) is 6.64. The molecule has 0 spiro atoms. The summed E-state index contributed by atoms with van der Waals surface area (Å²) in [6, 6.07) is 12.6. The Bertz CT molecular complexity index is 639. The number of rotatable bonds is 2. The molecule has 21 heavy (non-hydrogen) atoms. The number of halogens is 1. The first-order valence-corrected chi connectivity index (χ1v) is 9.71. The summed E-state index contributed by atoms with van der Waals surface area (Å²) in [7, 11) is 0. The van der Waals surface area contributed by atoms with Crippen LogP contribution in [0.2, 0.25) is 0 Å². The SMILES string of the molecule is Cc1ccc(NC(=S)N2CCS[C@@H]2c2ccc(Br)s2)cc1. The summed E-state index contributed by atoms with van der Waals surface area (Å²) < 4.78 is 1.17. The van der Waals surface area contributed by atoms with Gasteiger partial charge in [0, 0.05) is 22.9 Å². The van der Waals surface area contributed by atoms with Gasteiger partial charge in [0.15, 0.2) is 5.11 Å². The van der Waals surface area contributed by atoms with Crippen LogP contribution in [0.15, 0.2) is 40.2 Å². The van der Waals surface area contributed by atoms with Crippen molar-refractivity contribution in [1.82, 2.24) is 4.90 Å². The van der Waals surface area contributed by atoms with Crippen molar-refractivity contribution < 1.29 is 0 Å². The summed E-state index contributed by atoms with van der Waals surface area (Å²) in [5.41, 5.74) is 2.30. The summed E-state index contributed by atoms with van der Waals surface area (Å²) >= 11 is 12.9. The van der Waals surface area contributed by atoms with Gasteiger partial charge >= 0.3 is 0 Å². The number of nitrogens with one attached hydrogen (secondary N) is 1. The molecule has 0 amide bonds. The van der Waals surface area contributed by atoms with Crippen molar-refractivity contribution in [3.8, 4) is 0 Å². The van der Waals surface area contributed by atoms with Crippen LogP contribution in [0, 0.1) is 6.92 Å². The Morgan fingerprint density at radius 3 is 2.71 bits per heavy atom. The van der Waals surface area contributed by atoms with E-state index in [1.54, 1.807) is 11.3 Å². The molecular weight excluding hydrogens is 384 g/mol. The minimum atomic E-state index is 0.326. The van der Waals surface area contributed by atoms with Crippen LogP contribution in [0.3, 0.4) is 0 Å². The highest BCUT2D eigenvalue weighted by molar-refractivity contribution is 9.11. The zero-order valence-electron chi connectivity index (χ0n) is 11.5. The molecule has 110 valence electrons. The number of thioether (sulfide) groups is 1. The number of hydrogen-bond donors (Lipinski definition) is 1. The fourth-order valence-corrected chi connectivity index (χ4v) is 5.51. The number of aryl methyl sites for hydroxylation is 1. The Hall–Kier alpha value is -0.560. The predicted octanol–water partition coefficient (Wildman–Crippen LogP) is 5.26. The summed E-state index contributed by atoms with van der Waals surface area (Å²) in [6.45, 7) is 3.08. The summed E-state index contributed by atoms with van der Waals surface area (Å²) in [6.07, 6.45) is 0. The van der Waals surface area contributed by atoms with Crippen molar-refractivity contribution in [2.45, 2.75) is 12.3 Å². The number of thiocarbonyl (C=S) groups is 1. The molecule has 2 nitrogen and oxygen atoms in total. The molecule has 0 radical (unpaired) electrons. The summed E-state index contributed by atoms with van der Waals surface area (Å²) in [5, 5.41) is 4.48. The monoisotopic (exact) mass is 398 g/mol. The Kier molecular flexibility index (Phi) is 4.88. The van der Waals surface area contributed by atoms with E-state index in [1.165, 1.54) is 14.2 Å². The van der Waals surface area contributed by atoms with Gasteiger partial charge in [0.05, 0.1) is 3.79 Å². The number of anilines is 1. The average Bonchev–Trinajstić information content (AvgIpc) is 3.09. The molecule has 0 unspecified atom stereocenters. The van der Waals surface area contributed by atoms with Crippen LogP contribution in [0.25, 0.3) is 0 Å². The van der Waals surface area contributed by atoms with Crippen molar-refractivity contribution in [2.75, 3.05) is 17.6 Å². The van der Waals surface area contributed by atoms with Gasteiger partial charge in [-0.3, -0.25) is 0 Å². The first kappa shape index (κ1) is 15.3. The minimum Gasteiger partial charge on any atom is -0.333 e. The molecule has 0 aliphatic carbocycles. The fourth-order valence-electron chi connectivity index (χ4n) is 2.21. The number of benzene rings is 1. The molecule has 2 heterocycles. The molecule has 6 heteroatoms. The molecule has 3 rings (SSSR count). The number of thiophene rings is 1. The minimum absolute atomic E-state index is 0.326. The highest BCUT2D eigenvalue weighted by Crippen LogP contribution is 2.42. The number of nitrogens with zero attached hydrogens (tertiary/aromatic N) is 1. The van der Waals surface area contributed by atoms with Gasteiger partial charge in [-0.25, -0.2) is 0 Å². The summed E-state index contributed by atoms with van der Waals surface area (Å²) in [4.78, 5) is 3.62. The molecule has 0 saturated carbocycles. The van der Waals surface area contributed by atoms with E-state index in [0.29, 0.717) is 5.37 Å². The van der Waals surface area contributed by atoms with E-state index in [9.17, 15) is 0 Å². The lowest BCUT2D eigenvalue weighted by molar-refractivity contribution is 0.462. The molecule has 1 atom stereocenters. The van der Waals surface area contributed by atoms with Crippen molar-refractivity contribution in [2.24, 2.45) is 0 Å². The van der Waals surface area contributed by atoms with Crippen molar-refractivity contribution in [3.63, 3.8) is 0 Å². The Labute approximate surface area is 147 Å². The van der Waals surface area contributed by atoms with Crippen LogP contribution in [-0.4, -0.2) is 22.3 Å². The van der Waals surface area contributed by atoms with E-state index in [-0.39, 0.29) is 0 Å². The fraction of sp³-hybridized carbons (Fsp3) is 0.267. The quantitative estimate of drug-likeness (QED) is 0.693. The molecule has 2 aromatic rings. The molecule has 1 aromatic carbocycles. The van der Waals surface area contributed by atoms with E-state index < -0.39 is 0 Å². The largest absolute Gasteiger partial charge is 0.333 e. The van der Waals surface area contributed by atoms with Crippen molar-refractivity contribution in [1.29, 1.82) is 0 Å². The number of hydrogen-bond acceptors (Lipinski definition) is 3. The molecule has 1 fully saturated rings. The smallest absolute Gasteiger partial charge is 0.174 e. The van der Waals surface area contributed by atoms with Gasteiger partial charge in [-0.2, -0.15) is 0 Å². The standard InChI is InChI=1S/C15H15BrN2S3/c1-10-2-4-11(5-3-10)17-15(19)18-8-9-20-14(18)12-6-7-13(16)21-12/h2-7,14H,8-9H2,1H3,(H,17,19)/t14-/m1/s1. The predicted molar refractivity (Wildman–Crippen MR) is 101 cm³/mol. The molecule has 1 aliphatic heterocycles. The van der Waals surface area contributed by atoms with E-state index in [1.807, 2.05) is 11.8 Å². The molecular formula is C15H15BrN2S3. The molecule has 1 N–H and O–H groups in total. The highest BCUT2D eigenvalue weighted by Gasteiger charge is 2.29. The van der Waals surface area contributed by atoms with E-state index >= 15 is 0 Å². The second-order valence-electron chi connectivity index (χ2n) is 4.85. The van der Waals surface area contributed by atoms with Gasteiger partial charge in [0.25, 0.3) is 0 Å². The van der Waals surface area contributed by atoms with Crippen molar-refractivity contribution >= 4 is 62.0 Å². The van der Waals surface area contributed by atoms with E-state index in [2.05, 4.69) is 69.5 Å². The van der Waals surface area contributed by atoms with Gasteiger partial charge in [-0.05, 0) is 59.3 Å². The molecule has 1 aliphatic rings. The van der Waals surface area contributed by atoms with Gasteiger partial charge < -0.3 is 10.2 Å². The Morgan fingerprint density at radius 1 is 1.29 bits per heavy atom. The maximum absolute atomic E-state index is 5.61. The van der Waals surface area contributed by atoms with Crippen LogP contribution < -0.4 is 5.32 Å². The lowest BCUT2D eigenvalue weighted by Crippen LogP contribution is -2.33. The third-order valence-corrected chi connectivity index (χ3v) is 6.70. The van der Waals surface area contributed by atoms with Crippen LogP contribution in [0.4, 0.5) is 5.69 Å². The Balaban J connectivity index is 1.72. The Morgan fingerprint density at radius 2 is 2.05 bits per heavy atom. The van der Waals surface area contributed by atoms with Gasteiger partial charge in [0.2, 0.25) is 0 Å². The van der Waals surface area contributed by atoms with Crippen LogP contribution >= 0.6 is 51.2 Å². The molecule has 1 aromatic heterocycles. The van der Waals surface area contributed by atoms with Gasteiger partial charge in [-0.1, -0.05) is 17.7 Å². The maximum Gasteiger partial charge on any atom is 0.174 e. The van der Waals surface area contributed by atoms with Crippen LogP contribution in [-0.2, 0) is 0 Å². The second-order valence-corrected chi connectivity index (χ2v) is 8.92. The molecule has 0 bridgehead atoms. The lowest BCUT2D eigenvalue weighted by atomic mass is 10.2. The topological polar surface area (TPSA) is 15.3 Å².